The Balaban J connectivity index is 2.37. The molecule has 1 aliphatic heterocycles. The number of nitrogens with one attached hydrogen (secondary N) is 1. The topological polar surface area (TPSA) is 114 Å². The average molecular weight is 258 g/mol. The molecule has 1 aromatic heterocycles. The van der Waals surface area contributed by atoms with E-state index < -0.39 is 36.0 Å². The van der Waals surface area contributed by atoms with Gasteiger partial charge >= 0.3 is 5.69 Å². The number of H-pyrrole nitrogens is 1. The summed E-state index contributed by atoms with van der Waals surface area (Å²) in [4.78, 5) is 24.7. The lowest BCUT2D eigenvalue weighted by Gasteiger charge is -2.21. The summed E-state index contributed by atoms with van der Waals surface area (Å²) in [5.74, 6) is -1.75. The number of hydrogen-bond acceptors (Lipinski definition) is 6. The van der Waals surface area contributed by atoms with E-state index in [1.807, 2.05) is 0 Å². The number of aliphatic hydroxyl groups is 2. The zero-order valence-corrected chi connectivity index (χ0v) is 9.70. The van der Waals surface area contributed by atoms with Crippen molar-refractivity contribution in [2.24, 2.45) is 0 Å². The molecule has 8 nitrogen and oxygen atoms in total. The Hall–Kier alpha value is -1.48. The number of rotatable bonds is 3. The fourth-order valence-electron chi connectivity index (χ4n) is 1.93. The predicted octanol–water partition coefficient (Wildman–Crippen LogP) is -1.85. The van der Waals surface area contributed by atoms with Crippen LogP contribution in [-0.2, 0) is 9.47 Å². The summed E-state index contributed by atoms with van der Waals surface area (Å²) < 4.78 is 11.4. The van der Waals surface area contributed by atoms with Crippen LogP contribution in [-0.4, -0.2) is 45.4 Å². The fourth-order valence-corrected chi connectivity index (χ4v) is 1.93. The molecule has 2 heterocycles. The molecule has 0 unspecified atom stereocenters. The molecule has 3 atom stereocenters. The summed E-state index contributed by atoms with van der Waals surface area (Å²) in [5, 5.41) is 18.9. The van der Waals surface area contributed by atoms with Gasteiger partial charge in [0, 0.05) is 25.8 Å². The van der Waals surface area contributed by atoms with Gasteiger partial charge < -0.3 is 19.7 Å². The molecule has 18 heavy (non-hydrogen) atoms. The van der Waals surface area contributed by atoms with Crippen LogP contribution in [0.1, 0.15) is 12.6 Å². The van der Waals surface area contributed by atoms with Crippen LogP contribution in [0.25, 0.3) is 0 Å². The van der Waals surface area contributed by atoms with Gasteiger partial charge in [0.25, 0.3) is 5.56 Å². The average Bonchev–Trinajstić information content (AvgIpc) is 2.67. The van der Waals surface area contributed by atoms with Crippen LogP contribution < -0.4 is 11.2 Å². The van der Waals surface area contributed by atoms with E-state index in [0.29, 0.717) is 0 Å². The number of ether oxygens (including phenoxy) is 2. The summed E-state index contributed by atoms with van der Waals surface area (Å²) >= 11 is 0. The van der Waals surface area contributed by atoms with Gasteiger partial charge in [-0.05, 0) is 0 Å². The normalized spacial score (nSPS) is 31.7. The van der Waals surface area contributed by atoms with Crippen LogP contribution in [0.3, 0.4) is 0 Å². The van der Waals surface area contributed by atoms with Crippen molar-refractivity contribution in [1.82, 2.24) is 9.55 Å². The Kier molecular flexibility index (Phi) is 3.35. The van der Waals surface area contributed by atoms with E-state index in [-0.39, 0.29) is 6.42 Å². The molecular formula is C10H14N2O6. The van der Waals surface area contributed by atoms with E-state index >= 15 is 0 Å². The molecule has 8 heteroatoms. The van der Waals surface area contributed by atoms with E-state index in [1.54, 1.807) is 0 Å². The van der Waals surface area contributed by atoms with Gasteiger partial charge in [0.1, 0.15) is 6.10 Å². The summed E-state index contributed by atoms with van der Waals surface area (Å²) in [6.45, 7) is -0.610. The highest BCUT2D eigenvalue weighted by Crippen LogP contribution is 2.35. The van der Waals surface area contributed by atoms with Gasteiger partial charge in [0.2, 0.25) is 0 Å². The largest absolute Gasteiger partial charge is 0.391 e. The summed E-state index contributed by atoms with van der Waals surface area (Å²) in [5.41, 5.74) is -1.20. The second-order valence-electron chi connectivity index (χ2n) is 4.11. The summed E-state index contributed by atoms with van der Waals surface area (Å²) in [6.07, 6.45) is -0.237. The van der Waals surface area contributed by atoms with Gasteiger partial charge in [-0.1, -0.05) is 0 Å². The first-order valence-electron chi connectivity index (χ1n) is 5.34. The highest BCUT2D eigenvalue weighted by molar-refractivity contribution is 4.91. The first-order chi connectivity index (χ1) is 8.49. The monoisotopic (exact) mass is 258 g/mol. The van der Waals surface area contributed by atoms with E-state index in [1.165, 1.54) is 13.3 Å². The van der Waals surface area contributed by atoms with Gasteiger partial charge in [0.05, 0.1) is 6.61 Å². The molecule has 1 saturated heterocycles. The maximum atomic E-state index is 11.6. The minimum atomic E-state index is -1.75. The van der Waals surface area contributed by atoms with Crippen molar-refractivity contribution in [1.29, 1.82) is 0 Å². The van der Waals surface area contributed by atoms with E-state index in [9.17, 15) is 14.7 Å². The van der Waals surface area contributed by atoms with Crippen molar-refractivity contribution in [2.75, 3.05) is 13.7 Å². The SMILES string of the molecule is CO[C@@H]1C[C@@](O)(CO)O[C@H]1n1ccc(=O)[nH]c1=O. The molecule has 0 bridgehead atoms. The van der Waals surface area contributed by atoms with E-state index in [0.717, 1.165) is 10.6 Å². The van der Waals surface area contributed by atoms with Gasteiger partial charge in [-0.15, -0.1) is 0 Å². The Bertz CT molecular complexity index is 538. The van der Waals surface area contributed by atoms with Gasteiger partial charge in [-0.25, -0.2) is 4.79 Å². The number of aromatic amines is 1. The number of hydrogen-bond donors (Lipinski definition) is 3. The van der Waals surface area contributed by atoms with Gasteiger partial charge in [-0.2, -0.15) is 0 Å². The molecule has 0 amide bonds. The van der Waals surface area contributed by atoms with Crippen LogP contribution >= 0.6 is 0 Å². The molecule has 100 valence electrons. The van der Waals surface area contributed by atoms with Crippen molar-refractivity contribution in [3.05, 3.63) is 33.1 Å². The third kappa shape index (κ3) is 2.23. The Labute approximate surface area is 101 Å². The molecule has 3 N–H and O–H groups in total. The zero-order chi connectivity index (χ0) is 13.3. The van der Waals surface area contributed by atoms with Crippen LogP contribution in [0.4, 0.5) is 0 Å². The smallest absolute Gasteiger partial charge is 0.330 e. The van der Waals surface area contributed by atoms with Crippen molar-refractivity contribution in [3.8, 4) is 0 Å². The Morgan fingerprint density at radius 1 is 1.67 bits per heavy atom. The molecule has 2 rings (SSSR count). The van der Waals surface area contributed by atoms with E-state index in [2.05, 4.69) is 4.98 Å². The molecule has 0 aliphatic carbocycles. The molecule has 1 aliphatic rings. The van der Waals surface area contributed by atoms with Crippen LogP contribution in [0.15, 0.2) is 21.9 Å². The van der Waals surface area contributed by atoms with Crippen molar-refractivity contribution in [2.45, 2.75) is 24.5 Å². The van der Waals surface area contributed by atoms with Crippen molar-refractivity contribution in [3.63, 3.8) is 0 Å². The molecular weight excluding hydrogens is 244 g/mol. The fraction of sp³-hybridized carbons (Fsp3) is 0.600. The highest BCUT2D eigenvalue weighted by Gasteiger charge is 2.46. The molecule has 0 aromatic carbocycles. The first kappa shape index (κ1) is 13.0. The second kappa shape index (κ2) is 4.65. The standard InChI is InChI=1S/C10H14N2O6/c1-17-6-4-10(16,5-13)18-8(6)12-3-2-7(14)11-9(12)15/h2-3,6,8,13,16H,4-5H2,1H3,(H,11,14,15)/t6-,8-,10+/m1/s1. The van der Waals surface area contributed by atoms with Crippen LogP contribution in [0.5, 0.6) is 0 Å². The molecule has 0 radical (unpaired) electrons. The molecule has 1 aromatic rings. The van der Waals surface area contributed by atoms with Crippen LogP contribution in [0, 0.1) is 0 Å². The van der Waals surface area contributed by atoms with Crippen molar-refractivity contribution >= 4 is 0 Å². The molecule has 1 fully saturated rings. The second-order valence-corrected chi connectivity index (χ2v) is 4.11. The van der Waals surface area contributed by atoms with Crippen molar-refractivity contribution < 1.29 is 19.7 Å². The van der Waals surface area contributed by atoms with Gasteiger partial charge in [0.15, 0.2) is 12.0 Å². The number of aliphatic hydroxyl groups excluding tert-OH is 1. The zero-order valence-electron chi connectivity index (χ0n) is 9.70. The highest BCUT2D eigenvalue weighted by atomic mass is 16.7. The quantitative estimate of drug-likeness (QED) is 0.586. The third-order valence-corrected chi connectivity index (χ3v) is 2.85. The van der Waals surface area contributed by atoms with Gasteiger partial charge in [-0.3, -0.25) is 14.3 Å². The maximum absolute atomic E-state index is 11.6. The Morgan fingerprint density at radius 2 is 2.39 bits per heavy atom. The maximum Gasteiger partial charge on any atom is 0.330 e. The Morgan fingerprint density at radius 3 is 2.94 bits per heavy atom. The third-order valence-electron chi connectivity index (χ3n) is 2.85. The van der Waals surface area contributed by atoms with E-state index in [4.69, 9.17) is 14.6 Å². The minimum Gasteiger partial charge on any atom is -0.391 e. The lowest BCUT2D eigenvalue weighted by Crippen LogP contribution is -2.36. The first-order valence-corrected chi connectivity index (χ1v) is 5.34. The number of methoxy groups -OCH3 is 1. The number of nitrogens with zero attached hydrogens (tertiary/aromatic N) is 1. The minimum absolute atomic E-state index is 0.0240. The predicted molar refractivity (Wildman–Crippen MR) is 58.9 cm³/mol. The molecule has 0 spiro atoms. The lowest BCUT2D eigenvalue weighted by molar-refractivity contribution is -0.228. The van der Waals surface area contributed by atoms with Crippen LogP contribution in [0.2, 0.25) is 0 Å². The number of aromatic nitrogens is 2. The molecule has 0 saturated carbocycles. The summed E-state index contributed by atoms with van der Waals surface area (Å²) in [7, 11) is 1.40. The summed E-state index contributed by atoms with van der Waals surface area (Å²) in [6, 6.07) is 1.16. The lowest BCUT2D eigenvalue weighted by atomic mass is 10.1.